The topological polar surface area (TPSA) is 101 Å². The molecule has 0 aromatic heterocycles. The minimum absolute atomic E-state index is 0.0294. The van der Waals surface area contributed by atoms with Crippen LogP contribution in [0.25, 0.3) is 0 Å². The molecule has 0 unspecified atom stereocenters. The van der Waals surface area contributed by atoms with Crippen molar-refractivity contribution >= 4 is 56.1 Å². The molecule has 2 aromatic rings. The molecule has 0 spiro atoms. The quantitative estimate of drug-likeness (QED) is 0.281. The van der Waals surface area contributed by atoms with Gasteiger partial charge < -0.3 is 9.47 Å². The van der Waals surface area contributed by atoms with Crippen molar-refractivity contribution in [2.45, 2.75) is 39.9 Å². The van der Waals surface area contributed by atoms with Crippen molar-refractivity contribution < 1.29 is 19.1 Å². The number of rotatable bonds is 8. The predicted molar refractivity (Wildman–Crippen MR) is 131 cm³/mol. The molecule has 8 nitrogen and oxygen atoms in total. The lowest BCUT2D eigenvalue weighted by Crippen LogP contribution is -2.35. The molecule has 0 heterocycles. The van der Waals surface area contributed by atoms with E-state index in [1.54, 1.807) is 24.3 Å². The molecule has 170 valence electrons. The van der Waals surface area contributed by atoms with E-state index in [1.165, 1.54) is 12.4 Å². The van der Waals surface area contributed by atoms with Crippen LogP contribution in [0, 0.1) is 0 Å². The zero-order chi connectivity index (χ0) is 23.7. The number of carbonyl (C=O) groups excluding carboxylic acids is 2. The van der Waals surface area contributed by atoms with E-state index in [-0.39, 0.29) is 12.2 Å². The van der Waals surface area contributed by atoms with Gasteiger partial charge >= 0.3 is 11.8 Å². The Bertz CT molecular complexity index is 941. The normalized spacial score (nSPS) is 11.4. The summed E-state index contributed by atoms with van der Waals surface area (Å²) in [7, 11) is 0. The highest BCUT2D eigenvalue weighted by Gasteiger charge is 2.12. The van der Waals surface area contributed by atoms with Gasteiger partial charge in [0.2, 0.25) is 0 Å². The maximum Gasteiger partial charge on any atom is 0.331 e. The second-order valence-corrected chi connectivity index (χ2v) is 8.93. The van der Waals surface area contributed by atoms with Gasteiger partial charge in [0.15, 0.2) is 0 Å². The SMILES string of the molecule is CC(C)Oc1ccc(Br)cc1C=NNC(=O)C(=O)N/N=C/c1cc(Br)ccc1OC(C)C. The highest BCUT2D eigenvalue weighted by molar-refractivity contribution is 9.10. The number of hydrogen-bond donors (Lipinski definition) is 2. The maximum absolute atomic E-state index is 12.0. The van der Waals surface area contributed by atoms with Crippen molar-refractivity contribution in [1.29, 1.82) is 0 Å². The third kappa shape index (κ3) is 8.43. The van der Waals surface area contributed by atoms with Gasteiger partial charge in [-0.05, 0) is 64.1 Å². The Balaban J connectivity index is 1.98. The largest absolute Gasteiger partial charge is 0.490 e. The summed E-state index contributed by atoms with van der Waals surface area (Å²) >= 11 is 6.76. The molecule has 0 saturated carbocycles. The molecule has 0 radical (unpaired) electrons. The fourth-order valence-electron chi connectivity index (χ4n) is 2.39. The first-order chi connectivity index (χ1) is 15.2. The van der Waals surface area contributed by atoms with Gasteiger partial charge in [-0.25, -0.2) is 10.9 Å². The molecule has 0 aliphatic carbocycles. The molecular formula is C22H24Br2N4O4. The molecule has 0 saturated heterocycles. The number of halogens is 2. The number of amides is 2. The van der Waals surface area contributed by atoms with E-state index < -0.39 is 11.8 Å². The second kappa shape index (κ2) is 12.4. The zero-order valence-corrected chi connectivity index (χ0v) is 21.2. The Morgan fingerprint density at radius 1 is 0.781 bits per heavy atom. The van der Waals surface area contributed by atoms with Crippen LogP contribution < -0.4 is 20.3 Å². The van der Waals surface area contributed by atoms with Crippen LogP contribution in [0.4, 0.5) is 0 Å². The third-order valence-corrected chi connectivity index (χ3v) is 4.60. The molecule has 10 heteroatoms. The van der Waals surface area contributed by atoms with Gasteiger partial charge in [-0.3, -0.25) is 9.59 Å². The fourth-order valence-corrected chi connectivity index (χ4v) is 3.14. The van der Waals surface area contributed by atoms with E-state index in [0.717, 1.165) is 8.95 Å². The van der Waals surface area contributed by atoms with E-state index in [2.05, 4.69) is 52.9 Å². The molecule has 0 aliphatic rings. The van der Waals surface area contributed by atoms with Gasteiger partial charge in [0.1, 0.15) is 11.5 Å². The number of ether oxygens (including phenoxy) is 2. The first-order valence-corrected chi connectivity index (χ1v) is 11.3. The average molecular weight is 568 g/mol. The molecule has 0 aliphatic heterocycles. The van der Waals surface area contributed by atoms with Gasteiger partial charge in [0.25, 0.3) is 0 Å². The van der Waals surface area contributed by atoms with Gasteiger partial charge in [-0.1, -0.05) is 31.9 Å². The number of benzene rings is 2. The summed E-state index contributed by atoms with van der Waals surface area (Å²) in [5, 5.41) is 7.66. The number of nitrogens with one attached hydrogen (secondary N) is 2. The molecule has 2 N–H and O–H groups in total. The standard InChI is InChI=1S/C22H24Br2N4O4/c1-13(2)31-19-7-5-17(23)9-15(19)11-25-27-21(29)22(30)28-26-12-16-10-18(24)6-8-20(16)32-14(3)4/h5-14H,1-4H3,(H,27,29)(H,28,30)/b25-11+,26-12?. The van der Waals surface area contributed by atoms with Crippen LogP contribution in [0.5, 0.6) is 11.5 Å². The van der Waals surface area contributed by atoms with Crippen molar-refractivity contribution in [3.8, 4) is 11.5 Å². The molecule has 2 amide bonds. The van der Waals surface area contributed by atoms with E-state index in [1.807, 2.05) is 39.8 Å². The minimum Gasteiger partial charge on any atom is -0.490 e. The molecular weight excluding hydrogens is 544 g/mol. The van der Waals surface area contributed by atoms with Crippen molar-refractivity contribution in [3.05, 3.63) is 56.5 Å². The zero-order valence-electron chi connectivity index (χ0n) is 18.1. The van der Waals surface area contributed by atoms with Crippen molar-refractivity contribution in [1.82, 2.24) is 10.9 Å². The van der Waals surface area contributed by atoms with Gasteiger partial charge in [-0.2, -0.15) is 10.2 Å². The Kier molecular flexibility index (Phi) is 9.86. The van der Waals surface area contributed by atoms with E-state index in [0.29, 0.717) is 22.6 Å². The summed E-state index contributed by atoms with van der Waals surface area (Å²) < 4.78 is 13.1. The predicted octanol–water partition coefficient (Wildman–Crippen LogP) is 4.39. The number of hydrogen-bond acceptors (Lipinski definition) is 6. The summed E-state index contributed by atoms with van der Waals surface area (Å²) in [4.78, 5) is 24.0. The number of nitrogens with zero attached hydrogens (tertiary/aromatic N) is 2. The monoisotopic (exact) mass is 566 g/mol. The smallest absolute Gasteiger partial charge is 0.331 e. The van der Waals surface area contributed by atoms with Crippen molar-refractivity contribution in [2.24, 2.45) is 10.2 Å². The molecule has 0 atom stereocenters. The van der Waals surface area contributed by atoms with Crippen molar-refractivity contribution in [3.63, 3.8) is 0 Å². The van der Waals surface area contributed by atoms with Crippen LogP contribution in [0.1, 0.15) is 38.8 Å². The lowest BCUT2D eigenvalue weighted by Gasteiger charge is -2.12. The molecule has 0 fully saturated rings. The van der Waals surface area contributed by atoms with Crippen LogP contribution in [-0.4, -0.2) is 36.5 Å². The molecule has 2 rings (SSSR count). The third-order valence-electron chi connectivity index (χ3n) is 3.61. The number of carbonyl (C=O) groups is 2. The average Bonchev–Trinajstić information content (AvgIpc) is 2.71. The van der Waals surface area contributed by atoms with Crippen molar-refractivity contribution in [2.75, 3.05) is 0 Å². The lowest BCUT2D eigenvalue weighted by molar-refractivity contribution is -0.139. The summed E-state index contributed by atoms with van der Waals surface area (Å²) in [5.41, 5.74) is 5.61. The van der Waals surface area contributed by atoms with E-state index in [9.17, 15) is 9.59 Å². The Labute approximate surface area is 203 Å². The Morgan fingerprint density at radius 3 is 1.50 bits per heavy atom. The summed E-state index contributed by atoms with van der Waals surface area (Å²) in [6.07, 6.45) is 2.73. The van der Waals surface area contributed by atoms with Crippen LogP contribution in [-0.2, 0) is 9.59 Å². The number of hydrazone groups is 2. The minimum atomic E-state index is -0.965. The maximum atomic E-state index is 12.0. The summed E-state index contributed by atoms with van der Waals surface area (Å²) in [5.74, 6) is -0.729. The highest BCUT2D eigenvalue weighted by atomic mass is 79.9. The summed E-state index contributed by atoms with van der Waals surface area (Å²) in [6.45, 7) is 7.62. The Hall–Kier alpha value is -2.72. The Morgan fingerprint density at radius 2 is 1.16 bits per heavy atom. The van der Waals surface area contributed by atoms with Crippen LogP contribution in [0.3, 0.4) is 0 Å². The second-order valence-electron chi connectivity index (χ2n) is 7.10. The van der Waals surface area contributed by atoms with Crippen LogP contribution in [0.2, 0.25) is 0 Å². The lowest BCUT2D eigenvalue weighted by atomic mass is 10.2. The summed E-state index contributed by atoms with van der Waals surface area (Å²) in [6, 6.07) is 10.8. The van der Waals surface area contributed by atoms with E-state index in [4.69, 9.17) is 9.47 Å². The first kappa shape index (κ1) is 25.5. The first-order valence-electron chi connectivity index (χ1n) is 9.74. The molecule has 32 heavy (non-hydrogen) atoms. The van der Waals surface area contributed by atoms with Crippen LogP contribution in [0.15, 0.2) is 55.5 Å². The van der Waals surface area contributed by atoms with Gasteiger partial charge in [0.05, 0.1) is 24.6 Å². The van der Waals surface area contributed by atoms with Gasteiger partial charge in [0, 0.05) is 20.1 Å². The van der Waals surface area contributed by atoms with E-state index >= 15 is 0 Å². The molecule has 2 aromatic carbocycles. The van der Waals surface area contributed by atoms with Gasteiger partial charge in [-0.15, -0.1) is 0 Å². The van der Waals surface area contributed by atoms with Crippen LogP contribution >= 0.6 is 31.9 Å². The highest BCUT2D eigenvalue weighted by Crippen LogP contribution is 2.23. The fraction of sp³-hybridized carbons (Fsp3) is 0.273. The molecule has 0 bridgehead atoms.